The molecule has 1 aliphatic heterocycles. The van der Waals surface area contributed by atoms with E-state index in [1.165, 1.54) is 5.56 Å². The van der Waals surface area contributed by atoms with E-state index in [4.69, 9.17) is 5.73 Å². The van der Waals surface area contributed by atoms with Gasteiger partial charge in [-0.05, 0) is 19.7 Å². The second kappa shape index (κ2) is 4.47. The molecule has 1 amide bonds. The van der Waals surface area contributed by atoms with Gasteiger partial charge in [-0.2, -0.15) is 0 Å². The number of carbonyl (C=O) groups excluding carboxylic acids is 1. The zero-order chi connectivity index (χ0) is 12.5. The Labute approximate surface area is 102 Å². The van der Waals surface area contributed by atoms with Crippen LogP contribution in [0, 0.1) is 0 Å². The van der Waals surface area contributed by atoms with Crippen LogP contribution >= 0.6 is 0 Å². The van der Waals surface area contributed by atoms with Gasteiger partial charge < -0.3 is 10.6 Å². The van der Waals surface area contributed by atoms with Crippen molar-refractivity contribution in [2.45, 2.75) is 12.1 Å². The summed E-state index contributed by atoms with van der Waals surface area (Å²) in [4.78, 5) is 15.8. The third-order valence-electron chi connectivity index (χ3n) is 3.51. The molecule has 1 aromatic carbocycles. The number of nitrogens with zero attached hydrogens (tertiary/aromatic N) is 2. The maximum atomic E-state index is 11.6. The standard InChI is InChI=1S/C13H19N3O/c1-15-9-13(10-15,12(14)17)16(2)8-11-6-4-3-5-7-11/h3-7H,8-10H2,1-2H3,(H2,14,17). The number of hydrogen-bond acceptors (Lipinski definition) is 3. The van der Waals surface area contributed by atoms with E-state index in [0.717, 1.165) is 6.54 Å². The van der Waals surface area contributed by atoms with Crippen molar-refractivity contribution < 1.29 is 4.79 Å². The Bertz CT molecular complexity index is 398. The fourth-order valence-electron chi connectivity index (χ4n) is 2.44. The number of rotatable bonds is 4. The first kappa shape index (κ1) is 12.1. The highest BCUT2D eigenvalue weighted by Gasteiger charge is 2.49. The predicted molar refractivity (Wildman–Crippen MR) is 67.3 cm³/mol. The van der Waals surface area contributed by atoms with Gasteiger partial charge in [0.05, 0.1) is 0 Å². The Balaban J connectivity index is 2.09. The number of likely N-dealkylation sites (tertiary alicyclic amines) is 1. The van der Waals surface area contributed by atoms with Gasteiger partial charge in [0.1, 0.15) is 5.54 Å². The second-order valence-corrected chi connectivity index (χ2v) is 4.91. The van der Waals surface area contributed by atoms with Crippen LogP contribution in [0.4, 0.5) is 0 Å². The highest BCUT2D eigenvalue weighted by atomic mass is 16.2. The Morgan fingerprint density at radius 1 is 1.41 bits per heavy atom. The topological polar surface area (TPSA) is 49.6 Å². The van der Waals surface area contributed by atoms with Crippen LogP contribution in [0.1, 0.15) is 5.56 Å². The lowest BCUT2D eigenvalue weighted by Gasteiger charge is -2.51. The molecule has 17 heavy (non-hydrogen) atoms. The Morgan fingerprint density at radius 2 is 2.00 bits per heavy atom. The normalized spacial score (nSPS) is 19.0. The maximum absolute atomic E-state index is 11.6. The van der Waals surface area contributed by atoms with E-state index in [0.29, 0.717) is 13.1 Å². The van der Waals surface area contributed by atoms with E-state index in [9.17, 15) is 4.79 Å². The molecule has 4 heteroatoms. The minimum absolute atomic E-state index is 0.228. The summed E-state index contributed by atoms with van der Waals surface area (Å²) in [6, 6.07) is 10.1. The number of hydrogen-bond donors (Lipinski definition) is 1. The molecule has 2 N–H and O–H groups in total. The molecule has 0 spiro atoms. The van der Waals surface area contributed by atoms with Crippen LogP contribution in [-0.2, 0) is 11.3 Å². The van der Waals surface area contributed by atoms with Gasteiger partial charge in [-0.15, -0.1) is 0 Å². The monoisotopic (exact) mass is 233 g/mol. The quantitative estimate of drug-likeness (QED) is 0.813. The molecule has 0 bridgehead atoms. The van der Waals surface area contributed by atoms with Crippen molar-refractivity contribution in [3.05, 3.63) is 35.9 Å². The molecule has 0 saturated carbocycles. The van der Waals surface area contributed by atoms with E-state index in [-0.39, 0.29) is 5.91 Å². The van der Waals surface area contributed by atoms with E-state index in [2.05, 4.69) is 21.9 Å². The van der Waals surface area contributed by atoms with E-state index in [1.54, 1.807) is 0 Å². The maximum Gasteiger partial charge on any atom is 0.240 e. The summed E-state index contributed by atoms with van der Waals surface area (Å²) in [7, 11) is 3.96. The van der Waals surface area contributed by atoms with Gasteiger partial charge in [0.2, 0.25) is 5.91 Å². The van der Waals surface area contributed by atoms with Crippen molar-refractivity contribution in [2.24, 2.45) is 5.73 Å². The third-order valence-corrected chi connectivity index (χ3v) is 3.51. The number of carbonyl (C=O) groups is 1. The number of primary amides is 1. The zero-order valence-corrected chi connectivity index (χ0v) is 10.4. The third kappa shape index (κ3) is 2.18. The summed E-state index contributed by atoms with van der Waals surface area (Å²) in [5, 5.41) is 0. The molecule has 4 nitrogen and oxygen atoms in total. The lowest BCUT2D eigenvalue weighted by molar-refractivity contribution is -0.141. The summed E-state index contributed by atoms with van der Waals surface area (Å²) in [5.74, 6) is -0.228. The fraction of sp³-hybridized carbons (Fsp3) is 0.462. The summed E-state index contributed by atoms with van der Waals surface area (Å²) in [6.07, 6.45) is 0. The lowest BCUT2D eigenvalue weighted by Crippen LogP contribution is -2.73. The van der Waals surface area contributed by atoms with Gasteiger partial charge in [-0.1, -0.05) is 30.3 Å². The van der Waals surface area contributed by atoms with Gasteiger partial charge in [-0.25, -0.2) is 0 Å². The SMILES string of the molecule is CN1CC(C(N)=O)(N(C)Cc2ccccc2)C1. The molecular weight excluding hydrogens is 214 g/mol. The average Bonchev–Trinajstić information content (AvgIpc) is 2.25. The largest absolute Gasteiger partial charge is 0.368 e. The van der Waals surface area contributed by atoms with E-state index < -0.39 is 5.54 Å². The Morgan fingerprint density at radius 3 is 2.47 bits per heavy atom. The highest BCUT2D eigenvalue weighted by molar-refractivity contribution is 5.86. The van der Waals surface area contributed by atoms with Gasteiger partial charge in [-0.3, -0.25) is 9.69 Å². The second-order valence-electron chi connectivity index (χ2n) is 4.91. The molecular formula is C13H19N3O. The van der Waals surface area contributed by atoms with Crippen LogP contribution in [0.3, 0.4) is 0 Å². The number of amides is 1. The van der Waals surface area contributed by atoms with Gasteiger partial charge in [0.25, 0.3) is 0 Å². The van der Waals surface area contributed by atoms with Crippen molar-refractivity contribution in [1.29, 1.82) is 0 Å². The van der Waals surface area contributed by atoms with Crippen molar-refractivity contribution in [3.63, 3.8) is 0 Å². The molecule has 1 aliphatic rings. The molecule has 2 rings (SSSR count). The average molecular weight is 233 g/mol. The molecule has 0 radical (unpaired) electrons. The van der Waals surface area contributed by atoms with Gasteiger partial charge >= 0.3 is 0 Å². The summed E-state index contributed by atoms with van der Waals surface area (Å²) < 4.78 is 0. The molecule has 1 fully saturated rings. The first-order valence-electron chi connectivity index (χ1n) is 5.78. The first-order valence-corrected chi connectivity index (χ1v) is 5.78. The Kier molecular flexibility index (Phi) is 3.17. The molecule has 0 aliphatic carbocycles. The molecule has 0 atom stereocenters. The van der Waals surface area contributed by atoms with Crippen molar-refractivity contribution in [3.8, 4) is 0 Å². The predicted octanol–water partition coefficient (Wildman–Crippen LogP) is 0.288. The summed E-state index contributed by atoms with van der Waals surface area (Å²) >= 11 is 0. The molecule has 1 aromatic rings. The molecule has 1 heterocycles. The van der Waals surface area contributed by atoms with Crippen LogP contribution in [0.2, 0.25) is 0 Å². The number of nitrogens with two attached hydrogens (primary N) is 1. The molecule has 0 unspecified atom stereocenters. The minimum Gasteiger partial charge on any atom is -0.368 e. The van der Waals surface area contributed by atoms with Crippen LogP contribution < -0.4 is 5.73 Å². The van der Waals surface area contributed by atoms with Crippen molar-refractivity contribution in [1.82, 2.24) is 9.80 Å². The van der Waals surface area contributed by atoms with Crippen LogP contribution in [0.5, 0.6) is 0 Å². The van der Waals surface area contributed by atoms with Crippen LogP contribution in [-0.4, -0.2) is 48.4 Å². The summed E-state index contributed by atoms with van der Waals surface area (Å²) in [5.41, 5.74) is 6.25. The van der Waals surface area contributed by atoms with Crippen LogP contribution in [0.15, 0.2) is 30.3 Å². The Hall–Kier alpha value is -1.39. The number of likely N-dealkylation sites (N-methyl/N-ethyl adjacent to an activating group) is 2. The molecule has 0 aromatic heterocycles. The highest BCUT2D eigenvalue weighted by Crippen LogP contribution is 2.26. The number of benzene rings is 1. The molecule has 1 saturated heterocycles. The van der Waals surface area contributed by atoms with Gasteiger partial charge in [0.15, 0.2) is 0 Å². The van der Waals surface area contributed by atoms with Gasteiger partial charge in [0, 0.05) is 19.6 Å². The molecule has 92 valence electrons. The summed E-state index contributed by atoms with van der Waals surface area (Å²) in [6.45, 7) is 2.18. The van der Waals surface area contributed by atoms with E-state index in [1.807, 2.05) is 32.3 Å². The van der Waals surface area contributed by atoms with Crippen LogP contribution in [0.25, 0.3) is 0 Å². The first-order chi connectivity index (χ1) is 8.04. The van der Waals surface area contributed by atoms with E-state index >= 15 is 0 Å². The fourth-order valence-corrected chi connectivity index (χ4v) is 2.44. The smallest absolute Gasteiger partial charge is 0.240 e. The van der Waals surface area contributed by atoms with Crippen molar-refractivity contribution in [2.75, 3.05) is 27.2 Å². The zero-order valence-electron chi connectivity index (χ0n) is 10.4. The van der Waals surface area contributed by atoms with Crippen molar-refractivity contribution >= 4 is 5.91 Å². The lowest BCUT2D eigenvalue weighted by atomic mass is 9.87. The minimum atomic E-state index is -0.495.